The van der Waals surface area contributed by atoms with Crippen LogP contribution in [0.2, 0.25) is 0 Å². The molecule has 1 rings (SSSR count). The molecule has 0 saturated carbocycles. The summed E-state index contributed by atoms with van der Waals surface area (Å²) in [7, 11) is 1.86. The van der Waals surface area contributed by atoms with Crippen molar-refractivity contribution in [3.63, 3.8) is 0 Å². The van der Waals surface area contributed by atoms with Crippen molar-refractivity contribution in [2.45, 2.75) is 26.3 Å². The van der Waals surface area contributed by atoms with Gasteiger partial charge in [-0.15, -0.1) is 0 Å². The molecule has 6 nitrogen and oxygen atoms in total. The number of carbonyl (C=O) groups is 2. The Kier molecular flexibility index (Phi) is 6.67. The van der Waals surface area contributed by atoms with Gasteiger partial charge in [0, 0.05) is 0 Å². The Morgan fingerprint density at radius 2 is 2.21 bits per heavy atom. The van der Waals surface area contributed by atoms with Gasteiger partial charge in [0.05, 0.1) is 19.4 Å². The van der Waals surface area contributed by atoms with Gasteiger partial charge in [-0.05, 0) is 32.1 Å². The summed E-state index contributed by atoms with van der Waals surface area (Å²) >= 11 is 0. The van der Waals surface area contributed by atoms with E-state index in [1.165, 1.54) is 6.26 Å². The molecular weight excluding hydrogens is 246 g/mol. The highest BCUT2D eigenvalue weighted by Crippen LogP contribution is 1.98. The SMILES string of the molecule is CCCCN(C)CC(=O)NC(=O)NCc1ccco1. The van der Waals surface area contributed by atoms with Crippen LogP contribution in [0, 0.1) is 0 Å². The lowest BCUT2D eigenvalue weighted by Crippen LogP contribution is -2.43. The van der Waals surface area contributed by atoms with Crippen LogP contribution in [0.15, 0.2) is 22.8 Å². The second kappa shape index (κ2) is 8.31. The Morgan fingerprint density at radius 1 is 1.42 bits per heavy atom. The average molecular weight is 267 g/mol. The van der Waals surface area contributed by atoms with E-state index in [4.69, 9.17) is 4.42 Å². The summed E-state index contributed by atoms with van der Waals surface area (Å²) in [6.45, 7) is 3.42. The van der Waals surface area contributed by atoms with Crippen LogP contribution in [-0.2, 0) is 11.3 Å². The minimum absolute atomic E-state index is 0.216. The molecule has 2 N–H and O–H groups in total. The third-order valence-corrected chi connectivity index (χ3v) is 2.56. The zero-order valence-electron chi connectivity index (χ0n) is 11.4. The van der Waals surface area contributed by atoms with Crippen molar-refractivity contribution in [2.24, 2.45) is 0 Å². The van der Waals surface area contributed by atoms with Gasteiger partial charge in [-0.25, -0.2) is 4.79 Å². The fourth-order valence-corrected chi connectivity index (χ4v) is 1.54. The Balaban J connectivity index is 2.18. The highest BCUT2D eigenvalue weighted by molar-refractivity contribution is 5.95. The first-order valence-corrected chi connectivity index (χ1v) is 6.40. The van der Waals surface area contributed by atoms with E-state index in [-0.39, 0.29) is 19.0 Å². The standard InChI is InChI=1S/C13H21N3O3/c1-3-4-7-16(2)10-12(17)15-13(18)14-9-11-6-5-8-19-11/h5-6,8H,3-4,7,9-10H2,1-2H3,(H2,14,15,17,18). The molecule has 0 aliphatic heterocycles. The molecule has 3 amide bonds. The van der Waals surface area contributed by atoms with Crippen molar-refractivity contribution < 1.29 is 14.0 Å². The van der Waals surface area contributed by atoms with Crippen molar-refractivity contribution in [1.82, 2.24) is 15.5 Å². The number of likely N-dealkylation sites (N-methyl/N-ethyl adjacent to an activating group) is 1. The molecule has 0 bridgehead atoms. The number of amides is 3. The van der Waals surface area contributed by atoms with E-state index in [1.54, 1.807) is 12.1 Å². The minimum atomic E-state index is -0.509. The summed E-state index contributed by atoms with van der Waals surface area (Å²) in [6.07, 6.45) is 3.65. The Bertz CT molecular complexity index is 390. The topological polar surface area (TPSA) is 74.6 Å². The van der Waals surface area contributed by atoms with Crippen LogP contribution in [0.3, 0.4) is 0 Å². The van der Waals surface area contributed by atoms with E-state index >= 15 is 0 Å². The first-order valence-electron chi connectivity index (χ1n) is 6.40. The van der Waals surface area contributed by atoms with Crippen molar-refractivity contribution in [3.8, 4) is 0 Å². The molecule has 1 heterocycles. The molecule has 0 aliphatic carbocycles. The maximum Gasteiger partial charge on any atom is 0.321 e. The molecule has 0 atom stereocenters. The molecule has 0 saturated heterocycles. The lowest BCUT2D eigenvalue weighted by molar-refractivity contribution is -0.120. The molecule has 0 unspecified atom stereocenters. The van der Waals surface area contributed by atoms with Crippen molar-refractivity contribution in [1.29, 1.82) is 0 Å². The number of rotatable bonds is 7. The zero-order valence-corrected chi connectivity index (χ0v) is 11.4. The highest BCUT2D eigenvalue weighted by atomic mass is 16.3. The zero-order chi connectivity index (χ0) is 14.1. The van der Waals surface area contributed by atoms with Crippen LogP contribution in [0.4, 0.5) is 4.79 Å². The van der Waals surface area contributed by atoms with Crippen LogP contribution in [0.25, 0.3) is 0 Å². The number of urea groups is 1. The molecule has 0 aromatic carbocycles. The number of furan rings is 1. The molecule has 6 heteroatoms. The largest absolute Gasteiger partial charge is 0.467 e. The second-order valence-corrected chi connectivity index (χ2v) is 4.40. The fraction of sp³-hybridized carbons (Fsp3) is 0.538. The highest BCUT2D eigenvalue weighted by Gasteiger charge is 2.10. The van der Waals surface area contributed by atoms with Crippen LogP contribution in [-0.4, -0.2) is 37.0 Å². The summed E-state index contributed by atoms with van der Waals surface area (Å²) in [5, 5.41) is 4.83. The minimum Gasteiger partial charge on any atom is -0.467 e. The van der Waals surface area contributed by atoms with E-state index in [1.807, 2.05) is 11.9 Å². The second-order valence-electron chi connectivity index (χ2n) is 4.40. The van der Waals surface area contributed by atoms with Crippen LogP contribution in [0.5, 0.6) is 0 Å². The third kappa shape index (κ3) is 6.61. The summed E-state index contributed by atoms with van der Waals surface area (Å²) in [5.41, 5.74) is 0. The van der Waals surface area contributed by atoms with Gasteiger partial charge in [-0.3, -0.25) is 15.0 Å². The number of hydrogen-bond donors (Lipinski definition) is 2. The van der Waals surface area contributed by atoms with E-state index in [2.05, 4.69) is 17.6 Å². The van der Waals surface area contributed by atoms with E-state index in [0.29, 0.717) is 5.76 Å². The summed E-state index contributed by atoms with van der Waals surface area (Å²) in [4.78, 5) is 24.9. The average Bonchev–Trinajstić information content (AvgIpc) is 2.86. The first kappa shape index (κ1) is 15.2. The summed E-state index contributed by atoms with van der Waals surface area (Å²) in [6, 6.07) is 2.98. The monoisotopic (exact) mass is 267 g/mol. The number of nitrogens with one attached hydrogen (secondary N) is 2. The van der Waals surface area contributed by atoms with E-state index in [9.17, 15) is 9.59 Å². The number of imide groups is 1. The molecule has 0 aliphatic rings. The van der Waals surface area contributed by atoms with E-state index in [0.717, 1.165) is 19.4 Å². The van der Waals surface area contributed by atoms with Gasteiger partial charge in [-0.2, -0.15) is 0 Å². The smallest absolute Gasteiger partial charge is 0.321 e. The van der Waals surface area contributed by atoms with Gasteiger partial charge in [0.25, 0.3) is 0 Å². The predicted octanol–water partition coefficient (Wildman–Crippen LogP) is 1.34. The lowest BCUT2D eigenvalue weighted by Gasteiger charge is -2.15. The molecule has 0 fully saturated rings. The van der Waals surface area contributed by atoms with Gasteiger partial charge in [0.1, 0.15) is 5.76 Å². The lowest BCUT2D eigenvalue weighted by atomic mass is 10.3. The molecule has 0 spiro atoms. The number of nitrogens with zero attached hydrogens (tertiary/aromatic N) is 1. The van der Waals surface area contributed by atoms with Gasteiger partial charge < -0.3 is 9.73 Å². The maximum atomic E-state index is 11.6. The van der Waals surface area contributed by atoms with Crippen LogP contribution < -0.4 is 10.6 Å². The molecule has 0 radical (unpaired) electrons. The first-order chi connectivity index (χ1) is 9.11. The Hall–Kier alpha value is -1.82. The van der Waals surface area contributed by atoms with Crippen molar-refractivity contribution in [3.05, 3.63) is 24.2 Å². The molecule has 1 aromatic heterocycles. The maximum absolute atomic E-state index is 11.6. The number of carbonyl (C=O) groups excluding carboxylic acids is 2. The van der Waals surface area contributed by atoms with Crippen LogP contribution in [0.1, 0.15) is 25.5 Å². The summed E-state index contributed by atoms with van der Waals surface area (Å²) < 4.78 is 5.06. The van der Waals surface area contributed by atoms with Crippen molar-refractivity contribution in [2.75, 3.05) is 20.1 Å². The quantitative estimate of drug-likeness (QED) is 0.781. The van der Waals surface area contributed by atoms with Gasteiger partial charge >= 0.3 is 6.03 Å². The normalized spacial score (nSPS) is 10.5. The Labute approximate surface area is 113 Å². The number of hydrogen-bond acceptors (Lipinski definition) is 4. The molecule has 106 valence electrons. The predicted molar refractivity (Wildman–Crippen MR) is 71.5 cm³/mol. The third-order valence-electron chi connectivity index (χ3n) is 2.56. The fourth-order valence-electron chi connectivity index (χ4n) is 1.54. The molecular formula is C13H21N3O3. The molecule has 19 heavy (non-hydrogen) atoms. The summed E-state index contributed by atoms with van der Waals surface area (Å²) in [5.74, 6) is 0.332. The van der Waals surface area contributed by atoms with Gasteiger partial charge in [-0.1, -0.05) is 13.3 Å². The Morgan fingerprint density at radius 3 is 2.84 bits per heavy atom. The van der Waals surface area contributed by atoms with Gasteiger partial charge in [0.15, 0.2) is 0 Å². The number of unbranched alkanes of at least 4 members (excludes halogenated alkanes) is 1. The molecule has 1 aromatic rings. The van der Waals surface area contributed by atoms with Crippen molar-refractivity contribution >= 4 is 11.9 Å². The van der Waals surface area contributed by atoms with Gasteiger partial charge in [0.2, 0.25) is 5.91 Å². The van der Waals surface area contributed by atoms with Crippen LogP contribution >= 0.6 is 0 Å². The van der Waals surface area contributed by atoms with E-state index < -0.39 is 6.03 Å².